The van der Waals surface area contributed by atoms with E-state index in [-0.39, 0.29) is 0 Å². The fourth-order valence-corrected chi connectivity index (χ4v) is 1.42. The number of allylic oxidation sites excluding steroid dienone is 2. The van der Waals surface area contributed by atoms with Crippen LogP contribution in [0.5, 0.6) is 0 Å². The summed E-state index contributed by atoms with van der Waals surface area (Å²) in [6.07, 6.45) is 10.5. The van der Waals surface area contributed by atoms with Crippen molar-refractivity contribution in [3.63, 3.8) is 0 Å². The number of hydrogen-bond donors (Lipinski definition) is 0. The highest BCUT2D eigenvalue weighted by molar-refractivity contribution is 5.01. The molecule has 0 heteroatoms. The van der Waals surface area contributed by atoms with Gasteiger partial charge in [0.05, 0.1) is 0 Å². The average Bonchev–Trinajstić information content (AvgIpc) is 2.16. The summed E-state index contributed by atoms with van der Waals surface area (Å²) >= 11 is 0. The average molecular weight is 182 g/mol. The third-order valence-corrected chi connectivity index (χ3v) is 2.91. The number of rotatable bonds is 7. The highest BCUT2D eigenvalue weighted by Gasteiger charge is 1.99. The molecule has 13 heavy (non-hydrogen) atoms. The molecule has 0 aliphatic rings. The van der Waals surface area contributed by atoms with Crippen molar-refractivity contribution in [2.75, 3.05) is 0 Å². The van der Waals surface area contributed by atoms with E-state index >= 15 is 0 Å². The summed E-state index contributed by atoms with van der Waals surface area (Å²) in [4.78, 5) is 0. The first-order chi connectivity index (χ1) is 6.22. The largest absolute Gasteiger partial charge is 0.0853 e. The van der Waals surface area contributed by atoms with E-state index in [0.29, 0.717) is 0 Å². The molecule has 0 aromatic carbocycles. The van der Waals surface area contributed by atoms with Crippen LogP contribution in [0.25, 0.3) is 0 Å². The van der Waals surface area contributed by atoms with Crippen LogP contribution in [0.2, 0.25) is 0 Å². The molecular formula is C13H26. The third-order valence-electron chi connectivity index (χ3n) is 2.91. The van der Waals surface area contributed by atoms with Crippen molar-refractivity contribution in [1.82, 2.24) is 0 Å². The monoisotopic (exact) mass is 182 g/mol. The molecule has 1 atom stereocenters. The Balaban J connectivity index is 3.47. The second-order valence-electron chi connectivity index (χ2n) is 4.11. The van der Waals surface area contributed by atoms with Gasteiger partial charge in [-0.2, -0.15) is 0 Å². The molecule has 0 aromatic rings. The lowest BCUT2D eigenvalue weighted by molar-refractivity contribution is 0.639. The summed E-state index contributed by atoms with van der Waals surface area (Å²) in [5.74, 6) is 0.783. The van der Waals surface area contributed by atoms with Crippen molar-refractivity contribution < 1.29 is 0 Å². The van der Waals surface area contributed by atoms with Crippen LogP contribution in [0.15, 0.2) is 11.6 Å². The summed E-state index contributed by atoms with van der Waals surface area (Å²) < 4.78 is 0. The third kappa shape index (κ3) is 6.86. The van der Waals surface area contributed by atoms with E-state index in [4.69, 9.17) is 0 Å². The predicted octanol–water partition coefficient (Wildman–Crippen LogP) is 4.95. The molecule has 0 saturated carbocycles. The van der Waals surface area contributed by atoms with Crippen molar-refractivity contribution in [1.29, 1.82) is 0 Å². The van der Waals surface area contributed by atoms with Crippen molar-refractivity contribution in [2.45, 2.75) is 66.2 Å². The maximum atomic E-state index is 2.43. The van der Waals surface area contributed by atoms with Gasteiger partial charge >= 0.3 is 0 Å². The lowest BCUT2D eigenvalue weighted by atomic mass is 9.98. The molecule has 0 bridgehead atoms. The van der Waals surface area contributed by atoms with Crippen LogP contribution < -0.4 is 0 Å². The Morgan fingerprint density at radius 2 is 1.85 bits per heavy atom. The summed E-state index contributed by atoms with van der Waals surface area (Å²) in [6, 6.07) is 0. The molecule has 1 unspecified atom stereocenters. The summed E-state index contributed by atoms with van der Waals surface area (Å²) in [6.45, 7) is 9.12. The highest BCUT2D eigenvalue weighted by Crippen LogP contribution is 2.15. The van der Waals surface area contributed by atoms with E-state index in [1.807, 2.05) is 0 Å². The van der Waals surface area contributed by atoms with E-state index in [0.717, 1.165) is 5.92 Å². The van der Waals surface area contributed by atoms with Gasteiger partial charge in [-0.25, -0.2) is 0 Å². The van der Waals surface area contributed by atoms with Crippen molar-refractivity contribution in [2.24, 2.45) is 5.92 Å². The first kappa shape index (κ1) is 12.7. The minimum absolute atomic E-state index is 0.783. The number of unbranched alkanes of at least 4 members (excludes halogenated alkanes) is 4. The molecule has 0 spiro atoms. The SMILES string of the molecule is CCCCCCC=C(C)C(C)CC. The Labute approximate surface area is 84.4 Å². The first-order valence-electron chi connectivity index (χ1n) is 5.89. The van der Waals surface area contributed by atoms with Crippen LogP contribution in [0.4, 0.5) is 0 Å². The molecule has 0 aliphatic heterocycles. The van der Waals surface area contributed by atoms with Gasteiger partial charge < -0.3 is 0 Å². The van der Waals surface area contributed by atoms with Gasteiger partial charge in [-0.15, -0.1) is 0 Å². The Hall–Kier alpha value is -0.260. The first-order valence-corrected chi connectivity index (χ1v) is 5.89. The minimum Gasteiger partial charge on any atom is -0.0853 e. The molecular weight excluding hydrogens is 156 g/mol. The normalized spacial score (nSPS) is 14.6. The smallest absolute Gasteiger partial charge is 0.0237 e. The Kier molecular flexibility index (Phi) is 8.18. The van der Waals surface area contributed by atoms with Gasteiger partial charge in [0.2, 0.25) is 0 Å². The van der Waals surface area contributed by atoms with Crippen molar-refractivity contribution in [3.8, 4) is 0 Å². The molecule has 0 aromatic heterocycles. The molecule has 0 rings (SSSR count). The van der Waals surface area contributed by atoms with Gasteiger partial charge in [0.25, 0.3) is 0 Å². The van der Waals surface area contributed by atoms with Gasteiger partial charge in [-0.1, -0.05) is 51.7 Å². The molecule has 0 aliphatic carbocycles. The Morgan fingerprint density at radius 3 is 2.38 bits per heavy atom. The predicted molar refractivity (Wildman–Crippen MR) is 62.0 cm³/mol. The zero-order valence-electron chi connectivity index (χ0n) is 9.90. The Bertz CT molecular complexity index is 133. The van der Waals surface area contributed by atoms with Crippen LogP contribution in [-0.2, 0) is 0 Å². The molecule has 0 fully saturated rings. The minimum atomic E-state index is 0.783. The van der Waals surface area contributed by atoms with Crippen LogP contribution in [0, 0.1) is 5.92 Å². The van der Waals surface area contributed by atoms with Gasteiger partial charge in [0.1, 0.15) is 0 Å². The molecule has 0 heterocycles. The van der Waals surface area contributed by atoms with E-state index in [2.05, 4.69) is 33.8 Å². The maximum Gasteiger partial charge on any atom is -0.0237 e. The van der Waals surface area contributed by atoms with Crippen LogP contribution >= 0.6 is 0 Å². The standard InChI is InChI=1S/C13H26/c1-5-7-8-9-10-11-13(4)12(3)6-2/h11-12H,5-10H2,1-4H3. The summed E-state index contributed by atoms with van der Waals surface area (Å²) in [7, 11) is 0. The molecule has 78 valence electrons. The van der Waals surface area contributed by atoms with Crippen LogP contribution in [0.3, 0.4) is 0 Å². The molecule has 0 radical (unpaired) electrons. The van der Waals surface area contributed by atoms with Gasteiger partial charge in [-0.3, -0.25) is 0 Å². The molecule has 0 nitrogen and oxygen atoms in total. The molecule has 0 N–H and O–H groups in total. The Morgan fingerprint density at radius 1 is 1.15 bits per heavy atom. The second-order valence-corrected chi connectivity index (χ2v) is 4.11. The zero-order valence-corrected chi connectivity index (χ0v) is 9.90. The topological polar surface area (TPSA) is 0 Å². The van der Waals surface area contributed by atoms with Gasteiger partial charge in [0.15, 0.2) is 0 Å². The van der Waals surface area contributed by atoms with E-state index in [9.17, 15) is 0 Å². The van der Waals surface area contributed by atoms with Crippen molar-refractivity contribution in [3.05, 3.63) is 11.6 Å². The van der Waals surface area contributed by atoms with E-state index < -0.39 is 0 Å². The van der Waals surface area contributed by atoms with Gasteiger partial charge in [0, 0.05) is 0 Å². The second kappa shape index (κ2) is 8.34. The fraction of sp³-hybridized carbons (Fsp3) is 0.846. The van der Waals surface area contributed by atoms with Crippen LogP contribution in [-0.4, -0.2) is 0 Å². The zero-order chi connectivity index (χ0) is 10.1. The molecule has 0 amide bonds. The quantitative estimate of drug-likeness (QED) is 0.386. The molecule has 0 saturated heterocycles. The van der Waals surface area contributed by atoms with E-state index in [1.54, 1.807) is 5.57 Å². The fourth-order valence-electron chi connectivity index (χ4n) is 1.42. The van der Waals surface area contributed by atoms with Crippen LogP contribution in [0.1, 0.15) is 66.2 Å². The lowest BCUT2D eigenvalue weighted by Crippen LogP contribution is -1.93. The number of hydrogen-bond acceptors (Lipinski definition) is 0. The van der Waals surface area contributed by atoms with Gasteiger partial charge in [-0.05, 0) is 32.1 Å². The lowest BCUT2D eigenvalue weighted by Gasteiger charge is -2.08. The summed E-state index contributed by atoms with van der Waals surface area (Å²) in [5, 5.41) is 0. The maximum absolute atomic E-state index is 2.43. The summed E-state index contributed by atoms with van der Waals surface area (Å²) in [5.41, 5.74) is 1.58. The van der Waals surface area contributed by atoms with E-state index in [1.165, 1.54) is 38.5 Å². The highest BCUT2D eigenvalue weighted by atomic mass is 14.0. The van der Waals surface area contributed by atoms with Crippen molar-refractivity contribution >= 4 is 0 Å².